The Hall–Kier alpha value is -0.820. The summed E-state index contributed by atoms with van der Waals surface area (Å²) in [7, 11) is 0. The maximum absolute atomic E-state index is 5.26. The highest BCUT2D eigenvalue weighted by Gasteiger charge is 1.86. The molecule has 11 heavy (non-hydrogen) atoms. The molecule has 0 spiro atoms. The van der Waals surface area contributed by atoms with Crippen LogP contribution in [0.5, 0.6) is 0 Å². The lowest BCUT2D eigenvalue weighted by atomic mass is 10.3. The molecule has 0 aromatic carbocycles. The fourth-order valence-corrected chi connectivity index (χ4v) is 0.600. The Morgan fingerprint density at radius 3 is 2.82 bits per heavy atom. The van der Waals surface area contributed by atoms with Gasteiger partial charge in [0, 0.05) is 6.61 Å². The third-order valence-corrected chi connectivity index (χ3v) is 1.10. The van der Waals surface area contributed by atoms with E-state index in [9.17, 15) is 0 Å². The molecule has 0 saturated heterocycles. The van der Waals surface area contributed by atoms with Gasteiger partial charge in [-0.25, -0.2) is 0 Å². The van der Waals surface area contributed by atoms with Gasteiger partial charge >= 0.3 is 0 Å². The molecule has 62 valence electrons. The minimum absolute atomic E-state index is 0.623. The summed E-state index contributed by atoms with van der Waals surface area (Å²) >= 11 is 0. The van der Waals surface area contributed by atoms with Crippen LogP contribution in [0.4, 0.5) is 0 Å². The van der Waals surface area contributed by atoms with Crippen molar-refractivity contribution in [2.45, 2.75) is 13.3 Å². The predicted octanol–water partition coefficient (Wildman–Crippen LogP) is 2.71. The van der Waals surface area contributed by atoms with Crippen LogP contribution in [0.25, 0.3) is 0 Å². The molecule has 0 radical (unpaired) electrons. The summed E-state index contributed by atoms with van der Waals surface area (Å²) in [5.74, 6) is 0. The molecule has 0 N–H and O–H groups in total. The van der Waals surface area contributed by atoms with Crippen LogP contribution in [0.2, 0.25) is 0 Å². The van der Waals surface area contributed by atoms with Crippen molar-refractivity contribution in [3.63, 3.8) is 0 Å². The number of hydrogen-bond donors (Lipinski definition) is 0. The first kappa shape index (κ1) is 10.2. The first-order valence-electron chi connectivity index (χ1n) is 3.86. The Morgan fingerprint density at radius 2 is 2.27 bits per heavy atom. The highest BCUT2D eigenvalue weighted by atomic mass is 16.5. The highest BCUT2D eigenvalue weighted by molar-refractivity contribution is 5.18. The molecule has 0 aromatic heterocycles. The van der Waals surface area contributed by atoms with Crippen molar-refractivity contribution >= 4 is 0 Å². The molecule has 1 heteroatoms. The summed E-state index contributed by atoms with van der Waals surface area (Å²) in [6.45, 7) is 10.9. The molecule has 0 heterocycles. The van der Waals surface area contributed by atoms with Crippen LogP contribution in [0.3, 0.4) is 0 Å². The van der Waals surface area contributed by atoms with Crippen LogP contribution in [-0.2, 0) is 4.74 Å². The summed E-state index contributed by atoms with van der Waals surface area (Å²) in [6.07, 6.45) is 6.55. The number of hydrogen-bond acceptors (Lipinski definition) is 1. The second-order valence-electron chi connectivity index (χ2n) is 2.31. The smallest absolute Gasteiger partial charge is 0.0711 e. The normalized spacial score (nSPS) is 10.3. The summed E-state index contributed by atoms with van der Waals surface area (Å²) in [5, 5.41) is 0. The molecule has 1 nitrogen and oxygen atoms in total. The Labute approximate surface area is 69.1 Å². The quantitative estimate of drug-likeness (QED) is 0.420. The highest BCUT2D eigenvalue weighted by Crippen LogP contribution is 1.94. The molecule has 0 unspecified atom stereocenters. The van der Waals surface area contributed by atoms with E-state index in [2.05, 4.69) is 20.1 Å². The molecule has 0 saturated carbocycles. The van der Waals surface area contributed by atoms with Crippen LogP contribution in [0.1, 0.15) is 13.3 Å². The second-order valence-corrected chi connectivity index (χ2v) is 2.31. The molecule has 0 bridgehead atoms. The Balaban J connectivity index is 3.37. The van der Waals surface area contributed by atoms with Crippen molar-refractivity contribution in [3.05, 3.63) is 37.0 Å². The third kappa shape index (κ3) is 7.07. The van der Waals surface area contributed by atoms with E-state index in [0.29, 0.717) is 6.61 Å². The topological polar surface area (TPSA) is 9.23 Å². The fourth-order valence-electron chi connectivity index (χ4n) is 0.600. The van der Waals surface area contributed by atoms with Gasteiger partial charge in [0.1, 0.15) is 0 Å². The van der Waals surface area contributed by atoms with Crippen molar-refractivity contribution in [2.24, 2.45) is 0 Å². The van der Waals surface area contributed by atoms with Crippen molar-refractivity contribution in [1.82, 2.24) is 0 Å². The van der Waals surface area contributed by atoms with Gasteiger partial charge in [0.05, 0.1) is 6.61 Å². The minimum atomic E-state index is 0.623. The van der Waals surface area contributed by atoms with Gasteiger partial charge in [0.2, 0.25) is 0 Å². The summed E-state index contributed by atoms with van der Waals surface area (Å²) in [5.41, 5.74) is 0.985. The maximum Gasteiger partial charge on any atom is 0.0711 e. The van der Waals surface area contributed by atoms with Gasteiger partial charge in [-0.05, 0) is 12.0 Å². The monoisotopic (exact) mass is 152 g/mol. The maximum atomic E-state index is 5.26. The lowest BCUT2D eigenvalue weighted by Crippen LogP contribution is -1.95. The number of allylic oxidation sites excluding steroid dienone is 2. The van der Waals surface area contributed by atoms with Crippen LogP contribution < -0.4 is 0 Å². The average Bonchev–Trinajstić information content (AvgIpc) is 2.01. The fraction of sp³-hybridized carbons (Fsp3) is 0.400. The van der Waals surface area contributed by atoms with Crippen molar-refractivity contribution < 1.29 is 4.74 Å². The summed E-state index contributed by atoms with van der Waals surface area (Å²) in [6, 6.07) is 0. The lowest BCUT2D eigenvalue weighted by Gasteiger charge is -2.00. The minimum Gasteiger partial charge on any atom is -0.377 e. The zero-order valence-corrected chi connectivity index (χ0v) is 7.18. The largest absolute Gasteiger partial charge is 0.377 e. The molecule has 0 amide bonds. The van der Waals surface area contributed by atoms with Crippen LogP contribution in [-0.4, -0.2) is 13.2 Å². The molecule has 0 aromatic rings. The van der Waals surface area contributed by atoms with E-state index in [-0.39, 0.29) is 0 Å². The summed E-state index contributed by atoms with van der Waals surface area (Å²) < 4.78 is 5.26. The molecule has 0 aliphatic rings. The second kappa shape index (κ2) is 7.29. The Morgan fingerprint density at radius 1 is 1.55 bits per heavy atom. The standard InChI is InChI=1S/C10H16O/c1-4-6-7-10(3)9-11-8-5-2/h4,6-7H,1,3,5,8-9H2,2H3/b7-6-. The van der Waals surface area contributed by atoms with Crippen molar-refractivity contribution in [2.75, 3.05) is 13.2 Å². The van der Waals surface area contributed by atoms with E-state index in [0.717, 1.165) is 18.6 Å². The molecule has 0 rings (SSSR count). The Kier molecular flexibility index (Phi) is 6.75. The van der Waals surface area contributed by atoms with E-state index >= 15 is 0 Å². The van der Waals surface area contributed by atoms with E-state index in [4.69, 9.17) is 4.74 Å². The molecular formula is C10H16O. The first-order chi connectivity index (χ1) is 5.31. The SMILES string of the molecule is C=C/C=C\C(=C)COCCC. The molecular weight excluding hydrogens is 136 g/mol. The zero-order chi connectivity index (χ0) is 8.53. The molecule has 0 fully saturated rings. The van der Waals surface area contributed by atoms with Gasteiger partial charge in [0.25, 0.3) is 0 Å². The number of rotatable bonds is 6. The van der Waals surface area contributed by atoms with Gasteiger partial charge in [-0.1, -0.05) is 38.3 Å². The first-order valence-corrected chi connectivity index (χ1v) is 3.86. The average molecular weight is 152 g/mol. The zero-order valence-electron chi connectivity index (χ0n) is 7.18. The molecule has 0 aliphatic carbocycles. The number of ether oxygens (including phenoxy) is 1. The van der Waals surface area contributed by atoms with E-state index in [1.807, 2.05) is 12.2 Å². The summed E-state index contributed by atoms with van der Waals surface area (Å²) in [4.78, 5) is 0. The van der Waals surface area contributed by atoms with Crippen LogP contribution in [0.15, 0.2) is 37.0 Å². The van der Waals surface area contributed by atoms with Gasteiger partial charge in [-0.15, -0.1) is 0 Å². The third-order valence-electron chi connectivity index (χ3n) is 1.10. The van der Waals surface area contributed by atoms with Crippen LogP contribution >= 0.6 is 0 Å². The lowest BCUT2D eigenvalue weighted by molar-refractivity contribution is 0.159. The van der Waals surface area contributed by atoms with Gasteiger partial charge in [0.15, 0.2) is 0 Å². The van der Waals surface area contributed by atoms with Gasteiger partial charge in [-0.3, -0.25) is 0 Å². The van der Waals surface area contributed by atoms with E-state index in [1.54, 1.807) is 6.08 Å². The van der Waals surface area contributed by atoms with Gasteiger partial charge < -0.3 is 4.74 Å². The predicted molar refractivity (Wildman–Crippen MR) is 49.6 cm³/mol. The van der Waals surface area contributed by atoms with Crippen LogP contribution in [0, 0.1) is 0 Å². The van der Waals surface area contributed by atoms with Gasteiger partial charge in [-0.2, -0.15) is 0 Å². The van der Waals surface area contributed by atoms with E-state index < -0.39 is 0 Å². The molecule has 0 aliphatic heterocycles. The Bertz CT molecular complexity index is 145. The van der Waals surface area contributed by atoms with Crippen molar-refractivity contribution in [3.8, 4) is 0 Å². The van der Waals surface area contributed by atoms with Crippen molar-refractivity contribution in [1.29, 1.82) is 0 Å². The molecule has 0 atom stereocenters. The van der Waals surface area contributed by atoms with E-state index in [1.165, 1.54) is 0 Å².